The number of hydrogen-bond acceptors (Lipinski definition) is 6. The first-order chi connectivity index (χ1) is 9.78. The van der Waals surface area contributed by atoms with Gasteiger partial charge in [0.15, 0.2) is 0 Å². The van der Waals surface area contributed by atoms with Crippen LogP contribution in [0.2, 0.25) is 0 Å². The Morgan fingerprint density at radius 1 is 1.45 bits per heavy atom. The topological polar surface area (TPSA) is 68.5 Å². The molecule has 20 heavy (non-hydrogen) atoms. The summed E-state index contributed by atoms with van der Waals surface area (Å²) in [6, 6.07) is 4.94. The molecule has 1 aliphatic rings. The lowest BCUT2D eigenvalue weighted by Crippen LogP contribution is -2.17. The van der Waals surface area contributed by atoms with Crippen LogP contribution in [0.1, 0.15) is 44.3 Å². The van der Waals surface area contributed by atoms with Gasteiger partial charge in [-0.3, -0.25) is 0 Å². The maximum atomic E-state index is 4.49. The highest BCUT2D eigenvalue weighted by atomic mass is 32.2. The molecule has 0 bridgehead atoms. The van der Waals surface area contributed by atoms with Crippen molar-refractivity contribution in [3.63, 3.8) is 0 Å². The number of hydrogen-bond donors (Lipinski definition) is 1. The molecule has 2 aromatic rings. The summed E-state index contributed by atoms with van der Waals surface area (Å²) in [5, 5.41) is 17.0. The van der Waals surface area contributed by atoms with E-state index in [1.807, 2.05) is 16.9 Å². The van der Waals surface area contributed by atoms with Gasteiger partial charge in [-0.1, -0.05) is 13.0 Å². The molecule has 1 unspecified atom stereocenters. The van der Waals surface area contributed by atoms with E-state index < -0.39 is 0 Å². The molecule has 6 nitrogen and oxygen atoms in total. The van der Waals surface area contributed by atoms with Gasteiger partial charge in [0.05, 0.1) is 6.04 Å². The Labute approximate surface area is 122 Å². The molecule has 1 atom stereocenters. The average molecular weight is 290 g/mol. The normalized spacial score (nSPS) is 16.3. The van der Waals surface area contributed by atoms with Gasteiger partial charge < -0.3 is 5.32 Å². The van der Waals surface area contributed by atoms with Gasteiger partial charge in [0.1, 0.15) is 5.03 Å². The van der Waals surface area contributed by atoms with Crippen molar-refractivity contribution in [2.75, 3.05) is 6.54 Å². The van der Waals surface area contributed by atoms with Crippen LogP contribution < -0.4 is 5.32 Å². The van der Waals surface area contributed by atoms with E-state index in [9.17, 15) is 0 Å². The van der Waals surface area contributed by atoms with Crippen molar-refractivity contribution in [2.45, 2.75) is 49.0 Å². The minimum Gasteiger partial charge on any atom is -0.310 e. The standard InChI is InChI=1S/C13H18N6S/c1-3-14-9(2)10-4-7-12(15-8-10)20-13-16-17-18-19(13)11-5-6-11/h4,7-9,11,14H,3,5-6H2,1-2H3. The van der Waals surface area contributed by atoms with Crippen LogP contribution >= 0.6 is 11.8 Å². The van der Waals surface area contributed by atoms with Gasteiger partial charge in [-0.15, -0.1) is 5.10 Å². The number of aromatic nitrogens is 5. The summed E-state index contributed by atoms with van der Waals surface area (Å²) in [7, 11) is 0. The van der Waals surface area contributed by atoms with E-state index in [0.717, 1.165) is 16.7 Å². The molecule has 0 saturated heterocycles. The molecular weight excluding hydrogens is 272 g/mol. The molecule has 2 heterocycles. The zero-order valence-electron chi connectivity index (χ0n) is 11.7. The summed E-state index contributed by atoms with van der Waals surface area (Å²) in [6.07, 6.45) is 4.26. The number of nitrogens with zero attached hydrogens (tertiary/aromatic N) is 5. The highest BCUT2D eigenvalue weighted by Crippen LogP contribution is 2.37. The molecule has 106 valence electrons. The van der Waals surface area contributed by atoms with Crippen molar-refractivity contribution in [1.29, 1.82) is 0 Å². The number of pyridine rings is 1. The zero-order chi connectivity index (χ0) is 13.9. The fourth-order valence-electron chi connectivity index (χ4n) is 2.03. The molecule has 0 radical (unpaired) electrons. The van der Waals surface area contributed by atoms with Gasteiger partial charge in [0, 0.05) is 12.2 Å². The summed E-state index contributed by atoms with van der Waals surface area (Å²) in [5.41, 5.74) is 1.19. The van der Waals surface area contributed by atoms with Crippen LogP contribution in [0.5, 0.6) is 0 Å². The van der Waals surface area contributed by atoms with E-state index in [2.05, 4.69) is 45.7 Å². The summed E-state index contributed by atoms with van der Waals surface area (Å²) < 4.78 is 1.90. The Morgan fingerprint density at radius 3 is 2.95 bits per heavy atom. The monoisotopic (exact) mass is 290 g/mol. The Bertz CT molecular complexity index is 562. The third-order valence-electron chi connectivity index (χ3n) is 3.32. The summed E-state index contributed by atoms with van der Waals surface area (Å²) in [6.45, 7) is 5.20. The smallest absolute Gasteiger partial charge is 0.215 e. The van der Waals surface area contributed by atoms with Crippen LogP contribution in [0, 0.1) is 0 Å². The lowest BCUT2D eigenvalue weighted by Gasteiger charge is -2.12. The molecule has 1 saturated carbocycles. The van der Waals surface area contributed by atoms with Crippen molar-refractivity contribution in [1.82, 2.24) is 30.5 Å². The minimum absolute atomic E-state index is 0.323. The maximum absolute atomic E-state index is 4.49. The highest BCUT2D eigenvalue weighted by Gasteiger charge is 2.28. The first-order valence-corrected chi connectivity index (χ1v) is 7.74. The number of nitrogens with one attached hydrogen (secondary N) is 1. The van der Waals surface area contributed by atoms with Crippen LogP contribution in [0.3, 0.4) is 0 Å². The number of rotatable bonds is 6. The van der Waals surface area contributed by atoms with E-state index in [1.165, 1.54) is 30.2 Å². The van der Waals surface area contributed by atoms with Crippen LogP contribution in [0.4, 0.5) is 0 Å². The first kappa shape index (κ1) is 13.5. The quantitative estimate of drug-likeness (QED) is 0.880. The molecule has 2 aromatic heterocycles. The highest BCUT2D eigenvalue weighted by molar-refractivity contribution is 7.99. The minimum atomic E-state index is 0.323. The van der Waals surface area contributed by atoms with Crippen molar-refractivity contribution in [2.24, 2.45) is 0 Å². The first-order valence-electron chi connectivity index (χ1n) is 6.93. The summed E-state index contributed by atoms with van der Waals surface area (Å²) in [4.78, 5) is 4.49. The lowest BCUT2D eigenvalue weighted by molar-refractivity contribution is 0.565. The molecular formula is C13H18N6S. The second kappa shape index (κ2) is 5.88. The molecule has 1 aliphatic carbocycles. The third kappa shape index (κ3) is 2.99. The van der Waals surface area contributed by atoms with E-state index in [0.29, 0.717) is 12.1 Å². The molecule has 0 amide bonds. The van der Waals surface area contributed by atoms with Crippen LogP contribution in [0.15, 0.2) is 28.5 Å². The summed E-state index contributed by atoms with van der Waals surface area (Å²) in [5.74, 6) is 0. The average Bonchev–Trinajstić information content (AvgIpc) is 3.20. The Balaban J connectivity index is 1.70. The van der Waals surface area contributed by atoms with Gasteiger partial charge in [0.2, 0.25) is 5.16 Å². The van der Waals surface area contributed by atoms with Crippen LogP contribution in [-0.4, -0.2) is 31.7 Å². The zero-order valence-corrected chi connectivity index (χ0v) is 12.5. The largest absolute Gasteiger partial charge is 0.310 e. The van der Waals surface area contributed by atoms with Crippen molar-refractivity contribution in [3.05, 3.63) is 23.9 Å². The van der Waals surface area contributed by atoms with Gasteiger partial charge in [-0.2, -0.15) is 0 Å². The van der Waals surface area contributed by atoms with Crippen molar-refractivity contribution >= 4 is 11.8 Å². The predicted octanol–water partition coefficient (Wildman–Crippen LogP) is 2.22. The fraction of sp³-hybridized carbons (Fsp3) is 0.538. The molecule has 7 heteroatoms. The molecule has 3 rings (SSSR count). The molecule has 0 aromatic carbocycles. The fourth-order valence-corrected chi connectivity index (χ4v) is 2.81. The van der Waals surface area contributed by atoms with Crippen LogP contribution in [-0.2, 0) is 0 Å². The second-order valence-electron chi connectivity index (χ2n) is 4.95. The van der Waals surface area contributed by atoms with E-state index in [1.54, 1.807) is 0 Å². The van der Waals surface area contributed by atoms with E-state index in [4.69, 9.17) is 0 Å². The second-order valence-corrected chi connectivity index (χ2v) is 5.94. The lowest BCUT2D eigenvalue weighted by atomic mass is 10.1. The molecule has 1 N–H and O–H groups in total. The Morgan fingerprint density at radius 2 is 2.30 bits per heavy atom. The van der Waals surface area contributed by atoms with Gasteiger partial charge >= 0.3 is 0 Å². The van der Waals surface area contributed by atoms with Crippen molar-refractivity contribution < 1.29 is 0 Å². The summed E-state index contributed by atoms with van der Waals surface area (Å²) >= 11 is 1.52. The Hall–Kier alpha value is -1.47. The number of tetrazole rings is 1. The molecule has 1 fully saturated rings. The van der Waals surface area contributed by atoms with Gasteiger partial charge in [0.25, 0.3) is 0 Å². The predicted molar refractivity (Wildman–Crippen MR) is 76.5 cm³/mol. The Kier molecular flexibility index (Phi) is 3.98. The van der Waals surface area contributed by atoms with Crippen molar-refractivity contribution in [3.8, 4) is 0 Å². The maximum Gasteiger partial charge on any atom is 0.215 e. The third-order valence-corrected chi connectivity index (χ3v) is 4.22. The molecule has 0 spiro atoms. The molecule has 0 aliphatic heterocycles. The van der Waals surface area contributed by atoms with Crippen LogP contribution in [0.25, 0.3) is 0 Å². The van der Waals surface area contributed by atoms with Gasteiger partial charge in [-0.05, 0) is 60.1 Å². The van der Waals surface area contributed by atoms with E-state index in [-0.39, 0.29) is 0 Å². The van der Waals surface area contributed by atoms with E-state index >= 15 is 0 Å². The van der Waals surface area contributed by atoms with Gasteiger partial charge in [-0.25, -0.2) is 9.67 Å². The SMILES string of the molecule is CCNC(C)c1ccc(Sc2nnnn2C2CC2)nc1.